The maximum absolute atomic E-state index is 5.35. The molecule has 0 amide bonds. The molecule has 2 aromatic rings. The van der Waals surface area contributed by atoms with E-state index < -0.39 is 0 Å². The number of benzene rings is 1. The lowest BCUT2D eigenvalue weighted by Gasteiger charge is -2.10. The zero-order chi connectivity index (χ0) is 16.1. The predicted octanol–water partition coefficient (Wildman–Crippen LogP) is 1.71. The van der Waals surface area contributed by atoms with Gasteiger partial charge in [-0.1, -0.05) is 0 Å². The topological polar surface area (TPSA) is 84.4 Å². The van der Waals surface area contributed by atoms with Crippen LogP contribution in [0.5, 0.6) is 11.5 Å². The third-order valence-corrected chi connectivity index (χ3v) is 3.28. The van der Waals surface area contributed by atoms with Gasteiger partial charge in [-0.15, -0.1) is 5.10 Å². The number of hydrogen-bond donors (Lipinski definition) is 2. The van der Waals surface area contributed by atoms with Crippen LogP contribution in [0.3, 0.4) is 0 Å². The molecule has 1 aromatic heterocycles. The summed E-state index contributed by atoms with van der Waals surface area (Å²) in [6.07, 6.45) is 2.64. The van der Waals surface area contributed by atoms with Crippen LogP contribution < -0.4 is 20.1 Å². The molecular weight excluding hydrogens is 296 g/mol. The van der Waals surface area contributed by atoms with Gasteiger partial charge in [-0.3, -0.25) is 0 Å². The summed E-state index contributed by atoms with van der Waals surface area (Å²) >= 11 is 0. The Labute approximate surface area is 134 Å². The third-order valence-electron chi connectivity index (χ3n) is 3.28. The lowest BCUT2D eigenvalue weighted by Crippen LogP contribution is -2.16. The van der Waals surface area contributed by atoms with E-state index in [1.165, 1.54) is 0 Å². The summed E-state index contributed by atoms with van der Waals surface area (Å²) in [6, 6.07) is 5.58. The highest BCUT2D eigenvalue weighted by molar-refractivity contribution is 5.60. The zero-order valence-corrected chi connectivity index (χ0v) is 13.2. The van der Waals surface area contributed by atoms with Crippen molar-refractivity contribution in [3.63, 3.8) is 0 Å². The fourth-order valence-electron chi connectivity index (χ4n) is 2.16. The average Bonchev–Trinajstić information content (AvgIpc) is 2.99. The number of hydrogen-bond acceptors (Lipinski definition) is 8. The standard InChI is InChI=1S/C15H20N6O2/c1-21(2)7-3-6-16-14-9-17-20-15(19-14)18-11-4-5-12-13(8-11)23-10-22-12/h4-5,8-9H,3,6-7,10H2,1-2H3,(H2,16,18,19,20). The molecule has 1 aliphatic heterocycles. The van der Waals surface area contributed by atoms with Crippen LogP contribution >= 0.6 is 0 Å². The second-order valence-electron chi connectivity index (χ2n) is 5.44. The molecule has 0 spiro atoms. The Bertz CT molecular complexity index is 664. The van der Waals surface area contributed by atoms with Gasteiger partial charge in [0, 0.05) is 18.3 Å². The SMILES string of the molecule is CN(C)CCCNc1cnnc(Nc2ccc3c(c2)OCO3)n1. The minimum atomic E-state index is 0.253. The molecule has 0 fully saturated rings. The maximum atomic E-state index is 5.35. The number of rotatable bonds is 7. The van der Waals surface area contributed by atoms with E-state index in [1.807, 2.05) is 18.2 Å². The molecule has 8 heteroatoms. The molecule has 0 bridgehead atoms. The van der Waals surface area contributed by atoms with Crippen LogP contribution in [0.25, 0.3) is 0 Å². The van der Waals surface area contributed by atoms with Gasteiger partial charge in [0.25, 0.3) is 0 Å². The molecule has 2 heterocycles. The van der Waals surface area contributed by atoms with Gasteiger partial charge in [0.05, 0.1) is 6.20 Å². The lowest BCUT2D eigenvalue weighted by atomic mass is 10.3. The number of aromatic nitrogens is 3. The van der Waals surface area contributed by atoms with Gasteiger partial charge in [-0.25, -0.2) is 0 Å². The van der Waals surface area contributed by atoms with Crippen LogP contribution in [0, 0.1) is 0 Å². The van der Waals surface area contributed by atoms with E-state index in [4.69, 9.17) is 9.47 Å². The van der Waals surface area contributed by atoms with E-state index in [0.717, 1.165) is 30.9 Å². The summed E-state index contributed by atoms with van der Waals surface area (Å²) in [5, 5.41) is 14.3. The molecule has 23 heavy (non-hydrogen) atoms. The normalized spacial score (nSPS) is 12.5. The van der Waals surface area contributed by atoms with E-state index in [0.29, 0.717) is 17.5 Å². The van der Waals surface area contributed by atoms with Crippen LogP contribution in [-0.4, -0.2) is 54.1 Å². The van der Waals surface area contributed by atoms with Crippen LogP contribution in [-0.2, 0) is 0 Å². The highest BCUT2D eigenvalue weighted by Crippen LogP contribution is 2.34. The lowest BCUT2D eigenvalue weighted by molar-refractivity contribution is 0.174. The number of nitrogens with zero attached hydrogens (tertiary/aromatic N) is 4. The van der Waals surface area contributed by atoms with Crippen molar-refractivity contribution in [2.45, 2.75) is 6.42 Å². The Kier molecular flexibility index (Phi) is 4.72. The second kappa shape index (κ2) is 7.10. The van der Waals surface area contributed by atoms with Gasteiger partial charge >= 0.3 is 0 Å². The van der Waals surface area contributed by atoms with E-state index >= 15 is 0 Å². The van der Waals surface area contributed by atoms with Crippen molar-refractivity contribution in [1.29, 1.82) is 0 Å². The molecule has 1 aromatic carbocycles. The van der Waals surface area contributed by atoms with Gasteiger partial charge in [-0.05, 0) is 39.2 Å². The molecule has 0 radical (unpaired) electrons. The van der Waals surface area contributed by atoms with Crippen LogP contribution in [0.4, 0.5) is 17.5 Å². The van der Waals surface area contributed by atoms with E-state index in [1.54, 1.807) is 6.20 Å². The smallest absolute Gasteiger partial charge is 0.249 e. The molecule has 0 unspecified atom stereocenters. The Morgan fingerprint density at radius 2 is 2.09 bits per heavy atom. The average molecular weight is 316 g/mol. The summed E-state index contributed by atoms with van der Waals surface area (Å²) in [4.78, 5) is 6.54. The van der Waals surface area contributed by atoms with Crippen molar-refractivity contribution >= 4 is 17.5 Å². The summed E-state index contributed by atoms with van der Waals surface area (Å²) < 4.78 is 10.6. The first-order valence-corrected chi connectivity index (χ1v) is 7.46. The Hall–Kier alpha value is -2.61. The fourth-order valence-corrected chi connectivity index (χ4v) is 2.16. The van der Waals surface area contributed by atoms with E-state index in [-0.39, 0.29) is 6.79 Å². The van der Waals surface area contributed by atoms with Crippen LogP contribution in [0.2, 0.25) is 0 Å². The van der Waals surface area contributed by atoms with Crippen molar-refractivity contribution in [2.24, 2.45) is 0 Å². The van der Waals surface area contributed by atoms with Crippen molar-refractivity contribution in [1.82, 2.24) is 20.1 Å². The Morgan fingerprint density at radius 1 is 1.22 bits per heavy atom. The summed E-state index contributed by atoms with van der Waals surface area (Å²) in [5.74, 6) is 2.58. The van der Waals surface area contributed by atoms with Crippen molar-refractivity contribution in [3.8, 4) is 11.5 Å². The largest absolute Gasteiger partial charge is 0.454 e. The first-order chi connectivity index (χ1) is 11.2. The van der Waals surface area contributed by atoms with Crippen molar-refractivity contribution in [2.75, 3.05) is 44.6 Å². The maximum Gasteiger partial charge on any atom is 0.249 e. The quantitative estimate of drug-likeness (QED) is 0.747. The van der Waals surface area contributed by atoms with Crippen LogP contribution in [0.1, 0.15) is 6.42 Å². The van der Waals surface area contributed by atoms with Crippen molar-refractivity contribution < 1.29 is 9.47 Å². The molecule has 0 saturated heterocycles. The minimum Gasteiger partial charge on any atom is -0.454 e. The predicted molar refractivity (Wildman–Crippen MR) is 87.3 cm³/mol. The van der Waals surface area contributed by atoms with Gasteiger partial charge in [0.1, 0.15) is 0 Å². The van der Waals surface area contributed by atoms with Crippen LogP contribution in [0.15, 0.2) is 24.4 Å². The van der Waals surface area contributed by atoms with E-state index in [9.17, 15) is 0 Å². The number of ether oxygens (including phenoxy) is 2. The highest BCUT2D eigenvalue weighted by atomic mass is 16.7. The Morgan fingerprint density at radius 3 is 2.96 bits per heavy atom. The highest BCUT2D eigenvalue weighted by Gasteiger charge is 2.13. The number of nitrogens with one attached hydrogen (secondary N) is 2. The molecule has 0 aliphatic carbocycles. The first-order valence-electron chi connectivity index (χ1n) is 7.46. The molecule has 3 rings (SSSR count). The summed E-state index contributed by atoms with van der Waals surface area (Å²) in [6.45, 7) is 2.11. The van der Waals surface area contributed by atoms with Gasteiger partial charge in [0.15, 0.2) is 17.3 Å². The van der Waals surface area contributed by atoms with E-state index in [2.05, 4.69) is 44.8 Å². The molecular formula is C15H20N6O2. The molecule has 2 N–H and O–H groups in total. The number of fused-ring (bicyclic) bond motifs is 1. The van der Waals surface area contributed by atoms with Gasteiger partial charge < -0.3 is 25.0 Å². The molecule has 0 saturated carbocycles. The number of anilines is 3. The Balaban J connectivity index is 1.59. The van der Waals surface area contributed by atoms with Gasteiger partial charge in [-0.2, -0.15) is 10.1 Å². The summed E-state index contributed by atoms with van der Waals surface area (Å²) in [5.41, 5.74) is 0.820. The summed E-state index contributed by atoms with van der Waals surface area (Å²) in [7, 11) is 4.11. The molecule has 8 nitrogen and oxygen atoms in total. The van der Waals surface area contributed by atoms with Crippen molar-refractivity contribution in [3.05, 3.63) is 24.4 Å². The molecule has 122 valence electrons. The third kappa shape index (κ3) is 4.19. The zero-order valence-electron chi connectivity index (χ0n) is 13.2. The molecule has 0 atom stereocenters. The minimum absolute atomic E-state index is 0.253. The fraction of sp³-hybridized carbons (Fsp3) is 0.400. The second-order valence-corrected chi connectivity index (χ2v) is 5.44. The first kappa shape index (κ1) is 15.3. The monoisotopic (exact) mass is 316 g/mol. The van der Waals surface area contributed by atoms with Gasteiger partial charge in [0.2, 0.25) is 12.7 Å². The molecule has 1 aliphatic rings.